The third kappa shape index (κ3) is 7.21. The van der Waals surface area contributed by atoms with Crippen LogP contribution in [-0.4, -0.2) is 0 Å². The maximum atomic E-state index is 6.21. The number of para-hydroxylation sites is 1. The Morgan fingerprint density at radius 3 is 1.41 bits per heavy atom. The van der Waals surface area contributed by atoms with Crippen LogP contribution in [0.15, 0.2) is 235 Å². The van der Waals surface area contributed by atoms with Crippen LogP contribution in [0.2, 0.25) is 0 Å². The molecule has 0 bridgehead atoms. The Kier molecular flexibility index (Phi) is 10.7. The molecular weight excluding hydrogens is 907 g/mol. The predicted molar refractivity (Wildman–Crippen MR) is 316 cm³/mol. The van der Waals surface area contributed by atoms with Crippen LogP contribution in [0, 0.1) is 16.7 Å². The van der Waals surface area contributed by atoms with Crippen molar-refractivity contribution in [1.29, 1.82) is 0 Å². The molecule has 11 aromatic rings. The highest BCUT2D eigenvalue weighted by Gasteiger charge is 2.52. The molecule has 1 spiro atoms. The maximum absolute atomic E-state index is 6.21. The summed E-state index contributed by atoms with van der Waals surface area (Å²) in [6, 6.07) is 86.0. The Hall–Kier alpha value is -8.20. The number of rotatable bonds is 8. The predicted octanol–water partition coefficient (Wildman–Crippen LogP) is 20.4. The van der Waals surface area contributed by atoms with Crippen LogP contribution in [0.1, 0.15) is 83.2 Å². The molecule has 0 saturated heterocycles. The standard InChI is InChI=1S/C73H63NO/c1-47(70(2,3)4)72(8,71(5,6)7)54-34-26-50(27-35-54)53-32-41-60-58-20-12-15-23-64(58)73(66(60)45-53)65-24-16-13-21-59(65)61-42-40-57(46-67(61)73)74(55-36-28-49(29-37-55)48-18-10-9-11-19-48)56-38-30-51(31-39-56)52-33-43-69-63(44-52)62-22-14-17-25-68(62)75-69/h9-47H,1-8H3. The number of nitrogens with zero attached hydrogens (tertiary/aromatic N) is 1. The van der Waals surface area contributed by atoms with Crippen LogP contribution in [0.25, 0.3) is 77.6 Å². The summed E-state index contributed by atoms with van der Waals surface area (Å²) in [5.41, 5.74) is 23.8. The zero-order valence-electron chi connectivity index (χ0n) is 44.4. The van der Waals surface area contributed by atoms with Gasteiger partial charge in [-0.05, 0) is 161 Å². The topological polar surface area (TPSA) is 16.4 Å². The average molecular weight is 970 g/mol. The van der Waals surface area contributed by atoms with E-state index in [1.54, 1.807) is 0 Å². The zero-order chi connectivity index (χ0) is 51.4. The van der Waals surface area contributed by atoms with Gasteiger partial charge in [-0.3, -0.25) is 0 Å². The van der Waals surface area contributed by atoms with Crippen molar-refractivity contribution in [3.8, 4) is 55.6 Å². The molecule has 75 heavy (non-hydrogen) atoms. The highest BCUT2D eigenvalue weighted by Crippen LogP contribution is 2.64. The molecule has 0 amide bonds. The van der Waals surface area contributed by atoms with E-state index in [1.165, 1.54) is 72.3 Å². The van der Waals surface area contributed by atoms with E-state index in [0.717, 1.165) is 50.1 Å². The van der Waals surface area contributed by atoms with Crippen LogP contribution in [0.4, 0.5) is 17.1 Å². The largest absolute Gasteiger partial charge is 0.456 e. The molecular formula is C73H63NO. The van der Waals surface area contributed by atoms with Gasteiger partial charge in [0.25, 0.3) is 0 Å². The first-order valence-corrected chi connectivity index (χ1v) is 26.8. The Morgan fingerprint density at radius 2 is 0.800 bits per heavy atom. The minimum atomic E-state index is -0.542. The molecule has 2 nitrogen and oxygen atoms in total. The van der Waals surface area contributed by atoms with Crippen molar-refractivity contribution in [1.82, 2.24) is 0 Å². The van der Waals surface area contributed by atoms with E-state index in [9.17, 15) is 0 Å². The van der Waals surface area contributed by atoms with Crippen LogP contribution >= 0.6 is 0 Å². The first-order chi connectivity index (χ1) is 36.2. The van der Waals surface area contributed by atoms with Gasteiger partial charge in [-0.2, -0.15) is 0 Å². The Balaban J connectivity index is 0.962. The summed E-state index contributed by atoms with van der Waals surface area (Å²) in [6.45, 7) is 19.3. The number of hydrogen-bond donors (Lipinski definition) is 0. The summed E-state index contributed by atoms with van der Waals surface area (Å²) in [5.74, 6) is 0.454. The molecule has 1 aromatic heterocycles. The number of fused-ring (bicyclic) bond motifs is 13. The van der Waals surface area contributed by atoms with E-state index in [2.05, 4.69) is 279 Å². The molecule has 0 N–H and O–H groups in total. The smallest absolute Gasteiger partial charge is 0.135 e. The van der Waals surface area contributed by atoms with Crippen molar-refractivity contribution in [2.75, 3.05) is 4.90 Å². The number of anilines is 3. The van der Waals surface area contributed by atoms with Crippen LogP contribution < -0.4 is 4.90 Å². The molecule has 0 saturated carbocycles. The lowest BCUT2D eigenvalue weighted by molar-refractivity contribution is 0.0579. The summed E-state index contributed by atoms with van der Waals surface area (Å²) < 4.78 is 6.21. The van der Waals surface area contributed by atoms with Gasteiger partial charge in [0.2, 0.25) is 0 Å². The Labute approximate surface area is 443 Å². The molecule has 3 unspecified atom stereocenters. The summed E-state index contributed by atoms with van der Waals surface area (Å²) in [7, 11) is 0. The monoisotopic (exact) mass is 969 g/mol. The summed E-state index contributed by atoms with van der Waals surface area (Å²) in [5, 5.41) is 2.26. The van der Waals surface area contributed by atoms with Gasteiger partial charge < -0.3 is 9.32 Å². The van der Waals surface area contributed by atoms with Crippen LogP contribution in [0.3, 0.4) is 0 Å². The van der Waals surface area contributed by atoms with Crippen molar-refractivity contribution in [3.63, 3.8) is 0 Å². The second-order valence-electron chi connectivity index (χ2n) is 23.6. The van der Waals surface area contributed by atoms with Gasteiger partial charge in [-0.15, -0.1) is 0 Å². The molecule has 2 aliphatic carbocycles. The molecule has 10 aromatic carbocycles. The Morgan fingerprint density at radius 1 is 0.360 bits per heavy atom. The molecule has 1 heterocycles. The van der Waals surface area contributed by atoms with Crippen molar-refractivity contribution >= 4 is 39.0 Å². The average Bonchev–Trinajstić information content (AvgIpc) is 4.07. The number of benzene rings is 10. The fourth-order valence-corrected chi connectivity index (χ4v) is 13.2. The van der Waals surface area contributed by atoms with Gasteiger partial charge in [0.15, 0.2) is 0 Å². The molecule has 2 heteroatoms. The summed E-state index contributed by atoms with van der Waals surface area (Å²) in [6.07, 6.45) is 0. The number of hydrogen-bond acceptors (Lipinski definition) is 2. The van der Waals surface area contributed by atoms with Gasteiger partial charge >= 0.3 is 0 Å². The van der Waals surface area contributed by atoms with Crippen molar-refractivity contribution in [3.05, 3.63) is 258 Å². The van der Waals surface area contributed by atoms with Gasteiger partial charge in [0.05, 0.1) is 5.41 Å². The lowest BCUT2D eigenvalue weighted by Gasteiger charge is -2.52. The fourth-order valence-electron chi connectivity index (χ4n) is 13.2. The van der Waals surface area contributed by atoms with Crippen molar-refractivity contribution in [2.45, 2.75) is 66.2 Å². The quantitative estimate of drug-likeness (QED) is 0.151. The van der Waals surface area contributed by atoms with Gasteiger partial charge in [0, 0.05) is 33.2 Å². The van der Waals surface area contributed by atoms with E-state index >= 15 is 0 Å². The number of furan rings is 1. The van der Waals surface area contributed by atoms with Gasteiger partial charge in [0.1, 0.15) is 11.2 Å². The minimum absolute atomic E-state index is 0.0342. The van der Waals surface area contributed by atoms with Gasteiger partial charge in [-0.1, -0.05) is 225 Å². The zero-order valence-corrected chi connectivity index (χ0v) is 44.4. The summed E-state index contributed by atoms with van der Waals surface area (Å²) in [4.78, 5) is 2.44. The summed E-state index contributed by atoms with van der Waals surface area (Å²) >= 11 is 0. The van der Waals surface area contributed by atoms with Gasteiger partial charge in [-0.25, -0.2) is 0 Å². The Bertz CT molecular complexity index is 3960. The molecule has 0 fully saturated rings. The van der Waals surface area contributed by atoms with E-state index in [0.29, 0.717) is 5.92 Å². The molecule has 3 atom stereocenters. The SMILES string of the molecule is CC(C(C)(C)C)C(C)(c1ccc(-c2ccc3c(c2)C2(c4ccccc4-3)c3ccccc3-c3ccc(N(c4ccc(-c5ccccc5)cc4)c4ccc(-c5ccc6oc7ccccc7c6c5)cc4)cc32)cc1)C(C)(C)C. The first-order valence-electron chi connectivity index (χ1n) is 26.8. The van der Waals surface area contributed by atoms with Crippen LogP contribution in [0.5, 0.6) is 0 Å². The maximum Gasteiger partial charge on any atom is 0.135 e. The molecule has 0 aliphatic heterocycles. The van der Waals surface area contributed by atoms with Crippen LogP contribution in [-0.2, 0) is 10.8 Å². The molecule has 2 aliphatic rings. The highest BCUT2D eigenvalue weighted by atomic mass is 16.3. The third-order valence-corrected chi connectivity index (χ3v) is 17.9. The first kappa shape index (κ1) is 46.6. The third-order valence-electron chi connectivity index (χ3n) is 17.9. The normalized spacial score (nSPS) is 15.8. The lowest BCUT2D eigenvalue weighted by Crippen LogP contribution is -2.47. The molecule has 366 valence electrons. The van der Waals surface area contributed by atoms with E-state index in [1.807, 2.05) is 12.1 Å². The molecule has 0 radical (unpaired) electrons. The highest BCUT2D eigenvalue weighted by molar-refractivity contribution is 6.06. The lowest BCUT2D eigenvalue weighted by atomic mass is 9.53. The van der Waals surface area contributed by atoms with E-state index in [4.69, 9.17) is 4.42 Å². The van der Waals surface area contributed by atoms with E-state index in [-0.39, 0.29) is 16.2 Å². The van der Waals surface area contributed by atoms with Crippen molar-refractivity contribution in [2.24, 2.45) is 16.7 Å². The molecule has 13 rings (SSSR count). The van der Waals surface area contributed by atoms with E-state index < -0.39 is 5.41 Å². The fraction of sp³-hybridized carbons (Fsp3) is 0.178. The van der Waals surface area contributed by atoms with Crippen molar-refractivity contribution < 1.29 is 4.42 Å². The minimum Gasteiger partial charge on any atom is -0.456 e. The second kappa shape index (κ2) is 17.2. The second-order valence-corrected chi connectivity index (χ2v) is 23.6.